The Balaban J connectivity index is 1.57. The molecule has 1 atom stereocenters. The summed E-state index contributed by atoms with van der Waals surface area (Å²) < 4.78 is 0. The van der Waals surface area contributed by atoms with E-state index >= 15 is 0 Å². The van der Waals surface area contributed by atoms with Crippen LogP contribution >= 0.6 is 21.6 Å². The van der Waals surface area contributed by atoms with Gasteiger partial charge in [0, 0.05) is 23.6 Å². The summed E-state index contributed by atoms with van der Waals surface area (Å²) in [6.45, 7) is 0. The summed E-state index contributed by atoms with van der Waals surface area (Å²) in [6, 6.07) is 3.68. The fourth-order valence-corrected chi connectivity index (χ4v) is 4.91. The van der Waals surface area contributed by atoms with E-state index in [0.29, 0.717) is 6.42 Å². The SMILES string of the molecule is O=C(CCCC[C@@H]1CCSS1)Nc1cccnc1. The van der Waals surface area contributed by atoms with Crippen LogP contribution in [0.4, 0.5) is 5.69 Å². The number of carbonyl (C=O) groups is 1. The molecule has 1 fully saturated rings. The van der Waals surface area contributed by atoms with E-state index in [-0.39, 0.29) is 5.91 Å². The first-order valence-electron chi connectivity index (χ1n) is 6.33. The number of carbonyl (C=O) groups excluding carboxylic acids is 1. The maximum Gasteiger partial charge on any atom is 0.224 e. The van der Waals surface area contributed by atoms with Gasteiger partial charge in [0.05, 0.1) is 11.9 Å². The molecule has 0 aromatic carbocycles. The number of aromatic nitrogens is 1. The number of hydrogen-bond donors (Lipinski definition) is 1. The van der Waals surface area contributed by atoms with Crippen LogP contribution in [-0.2, 0) is 4.79 Å². The largest absolute Gasteiger partial charge is 0.325 e. The zero-order valence-electron chi connectivity index (χ0n) is 10.3. The van der Waals surface area contributed by atoms with Crippen LogP contribution in [0.3, 0.4) is 0 Å². The smallest absolute Gasteiger partial charge is 0.224 e. The van der Waals surface area contributed by atoms with Crippen LogP contribution in [0.25, 0.3) is 0 Å². The lowest BCUT2D eigenvalue weighted by Crippen LogP contribution is -2.11. The van der Waals surface area contributed by atoms with Gasteiger partial charge in [-0.3, -0.25) is 9.78 Å². The highest BCUT2D eigenvalue weighted by molar-refractivity contribution is 8.77. The summed E-state index contributed by atoms with van der Waals surface area (Å²) in [5.41, 5.74) is 0.783. The summed E-state index contributed by atoms with van der Waals surface area (Å²) >= 11 is 0. The molecule has 1 aromatic heterocycles. The molecule has 0 aliphatic carbocycles. The van der Waals surface area contributed by atoms with Gasteiger partial charge in [0.25, 0.3) is 0 Å². The molecule has 0 unspecified atom stereocenters. The molecule has 1 aliphatic heterocycles. The van der Waals surface area contributed by atoms with E-state index in [4.69, 9.17) is 0 Å². The van der Waals surface area contributed by atoms with E-state index in [1.54, 1.807) is 12.4 Å². The van der Waals surface area contributed by atoms with Gasteiger partial charge in [0.15, 0.2) is 0 Å². The average Bonchev–Trinajstić information content (AvgIpc) is 2.89. The third kappa shape index (κ3) is 4.90. The molecule has 1 saturated heterocycles. The zero-order chi connectivity index (χ0) is 12.6. The molecule has 1 amide bonds. The molecule has 1 N–H and O–H groups in total. The molecule has 1 aromatic rings. The van der Waals surface area contributed by atoms with Crippen LogP contribution in [-0.4, -0.2) is 21.9 Å². The van der Waals surface area contributed by atoms with Crippen LogP contribution in [0.1, 0.15) is 32.1 Å². The van der Waals surface area contributed by atoms with E-state index in [0.717, 1.165) is 23.8 Å². The van der Waals surface area contributed by atoms with Gasteiger partial charge in [-0.1, -0.05) is 28.0 Å². The first-order chi connectivity index (χ1) is 8.84. The average molecular weight is 282 g/mol. The molecule has 2 rings (SSSR count). The summed E-state index contributed by atoms with van der Waals surface area (Å²) in [6.07, 6.45) is 8.69. The predicted molar refractivity (Wildman–Crippen MR) is 79.8 cm³/mol. The summed E-state index contributed by atoms with van der Waals surface area (Å²) in [5.74, 6) is 1.38. The van der Waals surface area contributed by atoms with Crippen molar-refractivity contribution in [2.75, 3.05) is 11.1 Å². The second kappa shape index (κ2) is 7.69. The number of nitrogens with zero attached hydrogens (tertiary/aromatic N) is 1. The lowest BCUT2D eigenvalue weighted by Gasteiger charge is -2.07. The minimum Gasteiger partial charge on any atom is -0.325 e. The first-order valence-corrected chi connectivity index (χ1v) is 8.71. The molecule has 3 nitrogen and oxygen atoms in total. The summed E-state index contributed by atoms with van der Waals surface area (Å²) in [4.78, 5) is 15.6. The number of rotatable bonds is 6. The molecule has 2 heterocycles. The van der Waals surface area contributed by atoms with Gasteiger partial charge in [-0.05, 0) is 31.4 Å². The van der Waals surface area contributed by atoms with Crippen molar-refractivity contribution in [2.24, 2.45) is 0 Å². The third-order valence-corrected chi connectivity index (χ3v) is 5.86. The quantitative estimate of drug-likeness (QED) is 0.637. The van der Waals surface area contributed by atoms with Crippen molar-refractivity contribution in [3.63, 3.8) is 0 Å². The predicted octanol–water partition coefficient (Wildman–Crippen LogP) is 3.73. The monoisotopic (exact) mass is 282 g/mol. The molecular formula is C13H18N2OS2. The second-order valence-corrected chi connectivity index (χ2v) is 7.15. The number of nitrogens with one attached hydrogen (secondary N) is 1. The van der Waals surface area contributed by atoms with Gasteiger partial charge in [-0.15, -0.1) is 0 Å². The fourth-order valence-electron chi connectivity index (χ4n) is 1.88. The van der Waals surface area contributed by atoms with Crippen molar-refractivity contribution in [3.8, 4) is 0 Å². The molecule has 0 saturated carbocycles. The van der Waals surface area contributed by atoms with E-state index in [2.05, 4.69) is 10.3 Å². The van der Waals surface area contributed by atoms with E-state index in [9.17, 15) is 4.79 Å². The molecule has 5 heteroatoms. The maximum atomic E-state index is 11.7. The van der Waals surface area contributed by atoms with Crippen LogP contribution in [0.2, 0.25) is 0 Å². The Morgan fingerprint density at radius 1 is 1.50 bits per heavy atom. The number of pyridine rings is 1. The van der Waals surface area contributed by atoms with Gasteiger partial charge >= 0.3 is 0 Å². The Kier molecular flexibility index (Phi) is 5.87. The van der Waals surface area contributed by atoms with Crippen molar-refractivity contribution < 1.29 is 4.79 Å². The lowest BCUT2D eigenvalue weighted by atomic mass is 10.1. The molecule has 1 aliphatic rings. The minimum absolute atomic E-state index is 0.0939. The Morgan fingerprint density at radius 3 is 3.17 bits per heavy atom. The van der Waals surface area contributed by atoms with E-state index in [1.807, 2.05) is 33.7 Å². The fraction of sp³-hybridized carbons (Fsp3) is 0.538. The van der Waals surface area contributed by atoms with Crippen molar-refractivity contribution in [1.82, 2.24) is 4.98 Å². The Morgan fingerprint density at radius 2 is 2.44 bits per heavy atom. The number of amides is 1. The van der Waals surface area contributed by atoms with Gasteiger partial charge < -0.3 is 5.32 Å². The Labute approximate surface area is 116 Å². The molecule has 98 valence electrons. The standard InChI is InChI=1S/C13H18N2OS2/c16-13(15-11-4-3-8-14-10-11)6-2-1-5-12-7-9-17-18-12/h3-4,8,10,12H,1-2,5-7,9H2,(H,15,16)/t12-/m1/s1. The highest BCUT2D eigenvalue weighted by Gasteiger charge is 2.15. The van der Waals surface area contributed by atoms with Crippen molar-refractivity contribution in [3.05, 3.63) is 24.5 Å². The molecule has 0 bridgehead atoms. The van der Waals surface area contributed by atoms with Crippen molar-refractivity contribution in [2.45, 2.75) is 37.4 Å². The van der Waals surface area contributed by atoms with Gasteiger partial charge in [-0.25, -0.2) is 0 Å². The van der Waals surface area contributed by atoms with Crippen LogP contribution in [0, 0.1) is 0 Å². The van der Waals surface area contributed by atoms with Crippen molar-refractivity contribution >= 4 is 33.2 Å². The lowest BCUT2D eigenvalue weighted by molar-refractivity contribution is -0.116. The Bertz CT molecular complexity index is 367. The van der Waals surface area contributed by atoms with E-state index < -0.39 is 0 Å². The highest BCUT2D eigenvalue weighted by atomic mass is 33.1. The van der Waals surface area contributed by atoms with E-state index in [1.165, 1.54) is 18.6 Å². The summed E-state index contributed by atoms with van der Waals surface area (Å²) in [7, 11) is 3.99. The molecule has 0 spiro atoms. The number of unbranched alkanes of at least 4 members (excludes halogenated alkanes) is 1. The third-order valence-electron chi connectivity index (χ3n) is 2.85. The molecule has 0 radical (unpaired) electrons. The van der Waals surface area contributed by atoms with Crippen LogP contribution in [0.15, 0.2) is 24.5 Å². The van der Waals surface area contributed by atoms with Gasteiger partial charge in [-0.2, -0.15) is 0 Å². The maximum absolute atomic E-state index is 11.7. The first kappa shape index (κ1) is 13.7. The molecule has 18 heavy (non-hydrogen) atoms. The minimum atomic E-state index is 0.0939. The summed E-state index contributed by atoms with van der Waals surface area (Å²) in [5, 5.41) is 3.68. The number of hydrogen-bond acceptors (Lipinski definition) is 4. The zero-order valence-corrected chi connectivity index (χ0v) is 11.9. The second-order valence-electron chi connectivity index (χ2n) is 4.36. The van der Waals surface area contributed by atoms with Crippen molar-refractivity contribution in [1.29, 1.82) is 0 Å². The topological polar surface area (TPSA) is 42.0 Å². The number of anilines is 1. The Hall–Kier alpha value is -0.680. The van der Waals surface area contributed by atoms with Crippen LogP contribution in [0.5, 0.6) is 0 Å². The highest BCUT2D eigenvalue weighted by Crippen LogP contribution is 2.39. The van der Waals surface area contributed by atoms with Gasteiger partial charge in [0.2, 0.25) is 5.91 Å². The van der Waals surface area contributed by atoms with Gasteiger partial charge in [0.1, 0.15) is 0 Å². The normalized spacial score (nSPS) is 18.8. The van der Waals surface area contributed by atoms with Crippen LogP contribution < -0.4 is 5.32 Å². The molecular weight excluding hydrogens is 264 g/mol.